The van der Waals surface area contributed by atoms with Gasteiger partial charge >= 0.3 is 0 Å². The van der Waals surface area contributed by atoms with E-state index in [1.807, 2.05) is 0 Å². The molecule has 0 fully saturated rings. The van der Waals surface area contributed by atoms with E-state index in [1.165, 1.54) is 32.7 Å². The third-order valence-corrected chi connectivity index (χ3v) is 14.2. The molecular formula is C65H44N6. The summed E-state index contributed by atoms with van der Waals surface area (Å²) in [5.41, 5.74) is 17.3. The fraction of sp³-hybridized carbons (Fsp3) is 0.0308. The molecule has 0 atom stereocenters. The van der Waals surface area contributed by atoms with Gasteiger partial charge in [-0.2, -0.15) is 9.97 Å². The Labute approximate surface area is 410 Å². The van der Waals surface area contributed by atoms with E-state index < -0.39 is 0 Å². The quantitative estimate of drug-likeness (QED) is 0.160. The predicted molar refractivity (Wildman–Crippen MR) is 294 cm³/mol. The number of nitrogens with zero attached hydrogens (tertiary/aromatic N) is 6. The summed E-state index contributed by atoms with van der Waals surface area (Å²) in [6.45, 7) is 4.32. The Balaban J connectivity index is 1.07. The van der Waals surface area contributed by atoms with Gasteiger partial charge in [0.2, 0.25) is 5.95 Å². The summed E-state index contributed by atoms with van der Waals surface area (Å²) in [6.07, 6.45) is 0. The molecule has 0 bridgehead atoms. The minimum absolute atomic E-state index is 0.533. The smallest absolute Gasteiger partial charge is 0.238 e. The fourth-order valence-corrected chi connectivity index (χ4v) is 11.0. The van der Waals surface area contributed by atoms with Gasteiger partial charge in [-0.1, -0.05) is 157 Å². The van der Waals surface area contributed by atoms with Crippen LogP contribution in [0.3, 0.4) is 0 Å². The zero-order valence-corrected chi connectivity index (χ0v) is 39.1. The number of aryl methyl sites for hydroxylation is 2. The molecule has 0 aliphatic heterocycles. The number of para-hydroxylation sites is 4. The van der Waals surface area contributed by atoms with Gasteiger partial charge < -0.3 is 9.13 Å². The van der Waals surface area contributed by atoms with E-state index in [-0.39, 0.29) is 0 Å². The van der Waals surface area contributed by atoms with Crippen molar-refractivity contribution in [3.8, 4) is 62.4 Å². The van der Waals surface area contributed by atoms with Crippen molar-refractivity contribution in [1.29, 1.82) is 0 Å². The maximum atomic E-state index is 5.60. The highest BCUT2D eigenvalue weighted by Gasteiger charge is 2.24. The average molecular weight is 909 g/mol. The lowest BCUT2D eigenvalue weighted by molar-refractivity contribution is 0.950. The lowest BCUT2D eigenvalue weighted by Gasteiger charge is -2.17. The molecule has 71 heavy (non-hydrogen) atoms. The minimum atomic E-state index is 0.533. The SMILES string of the molecule is Cc1ccc2c(c1)c1ccccc1n2-c1ccccc1-c1nc(-c2ccccc2-n2c3ccccc3c3cc(C)ccc32)nc(-n2c3ccc(-c4ccccc4)cc3c3cc(-c4ccccc4)ccc32)n1. The van der Waals surface area contributed by atoms with Gasteiger partial charge in [-0.15, -0.1) is 0 Å². The van der Waals surface area contributed by atoms with Crippen LogP contribution >= 0.6 is 0 Å². The standard InChI is InChI=1S/C65H44N6/c1-41-29-33-59-51(37-41)47-21-9-13-25-55(47)69(59)57-27-15-11-23-49(57)63-66-64(50-24-12-16-28-58(50)70-56-26-14-10-22-48(56)52-38-42(2)30-34-60(52)70)68-65(67-63)71-61-35-31-45(43-17-5-3-6-18-43)39-53(61)54-40-46(32-36-62(54)71)44-19-7-4-8-20-44/h3-40H,1-2H3. The molecule has 4 heterocycles. The molecule has 6 heteroatoms. The fourth-order valence-electron chi connectivity index (χ4n) is 11.0. The first-order valence-corrected chi connectivity index (χ1v) is 24.2. The highest BCUT2D eigenvalue weighted by Crippen LogP contribution is 2.41. The van der Waals surface area contributed by atoms with Crippen LogP contribution in [0.4, 0.5) is 0 Å². The van der Waals surface area contributed by atoms with Crippen LogP contribution in [0, 0.1) is 13.8 Å². The number of hydrogen-bond donors (Lipinski definition) is 0. The van der Waals surface area contributed by atoms with Gasteiger partial charge in [0.15, 0.2) is 11.6 Å². The van der Waals surface area contributed by atoms with Crippen LogP contribution in [0.1, 0.15) is 11.1 Å². The predicted octanol–water partition coefficient (Wildman–Crippen LogP) is 16.4. The van der Waals surface area contributed by atoms with E-state index in [0.717, 1.165) is 88.6 Å². The van der Waals surface area contributed by atoms with Crippen LogP contribution in [0.2, 0.25) is 0 Å². The largest absolute Gasteiger partial charge is 0.309 e. The van der Waals surface area contributed by atoms with E-state index in [0.29, 0.717) is 17.6 Å². The number of fused-ring (bicyclic) bond motifs is 9. The lowest BCUT2D eigenvalue weighted by Crippen LogP contribution is -2.09. The second kappa shape index (κ2) is 16.1. The first kappa shape index (κ1) is 40.7. The second-order valence-electron chi connectivity index (χ2n) is 18.6. The molecule has 14 rings (SSSR count). The van der Waals surface area contributed by atoms with E-state index in [9.17, 15) is 0 Å². The van der Waals surface area contributed by atoms with Gasteiger partial charge in [-0.3, -0.25) is 4.57 Å². The summed E-state index contributed by atoms with van der Waals surface area (Å²) in [4.78, 5) is 16.8. The van der Waals surface area contributed by atoms with Crippen molar-refractivity contribution >= 4 is 65.4 Å². The molecule has 0 saturated carbocycles. The topological polar surface area (TPSA) is 53.5 Å². The zero-order chi connectivity index (χ0) is 47.2. The normalized spacial score (nSPS) is 11.8. The molecule has 0 aliphatic rings. The third kappa shape index (κ3) is 6.53. The summed E-state index contributed by atoms with van der Waals surface area (Å²) in [7, 11) is 0. The van der Waals surface area contributed by atoms with Crippen LogP contribution in [0.25, 0.3) is 128 Å². The molecule has 0 saturated heterocycles. The van der Waals surface area contributed by atoms with Crippen molar-refractivity contribution in [2.24, 2.45) is 0 Å². The molecule has 14 aromatic rings. The molecule has 10 aromatic carbocycles. The van der Waals surface area contributed by atoms with Gasteiger partial charge in [0.05, 0.1) is 44.5 Å². The van der Waals surface area contributed by atoms with Crippen LogP contribution in [-0.2, 0) is 0 Å². The van der Waals surface area contributed by atoms with Gasteiger partial charge in [0.25, 0.3) is 0 Å². The molecule has 4 aromatic heterocycles. The van der Waals surface area contributed by atoms with Crippen LogP contribution in [0.5, 0.6) is 0 Å². The van der Waals surface area contributed by atoms with Crippen molar-refractivity contribution in [3.05, 3.63) is 242 Å². The lowest BCUT2D eigenvalue weighted by atomic mass is 10.0. The molecule has 334 valence electrons. The molecule has 0 unspecified atom stereocenters. The zero-order valence-electron chi connectivity index (χ0n) is 39.1. The van der Waals surface area contributed by atoms with Crippen LogP contribution in [0.15, 0.2) is 231 Å². The summed E-state index contributed by atoms with van der Waals surface area (Å²) in [6, 6.07) is 82.6. The summed E-state index contributed by atoms with van der Waals surface area (Å²) in [5, 5.41) is 7.04. The van der Waals surface area contributed by atoms with E-state index in [1.54, 1.807) is 0 Å². The van der Waals surface area contributed by atoms with Crippen molar-refractivity contribution < 1.29 is 0 Å². The van der Waals surface area contributed by atoms with Gasteiger partial charge in [-0.25, -0.2) is 4.98 Å². The molecule has 0 spiro atoms. The maximum Gasteiger partial charge on any atom is 0.238 e. The Kier molecular flexibility index (Phi) is 9.23. The summed E-state index contributed by atoms with van der Waals surface area (Å²) < 4.78 is 6.97. The Morgan fingerprint density at radius 2 is 0.634 bits per heavy atom. The minimum Gasteiger partial charge on any atom is -0.309 e. The molecule has 0 radical (unpaired) electrons. The van der Waals surface area contributed by atoms with E-state index in [2.05, 4.69) is 258 Å². The van der Waals surface area contributed by atoms with Crippen LogP contribution < -0.4 is 0 Å². The van der Waals surface area contributed by atoms with Gasteiger partial charge in [0.1, 0.15) is 0 Å². The number of aromatic nitrogens is 6. The monoisotopic (exact) mass is 908 g/mol. The molecule has 0 N–H and O–H groups in total. The first-order valence-electron chi connectivity index (χ1n) is 24.2. The van der Waals surface area contributed by atoms with Crippen molar-refractivity contribution in [1.82, 2.24) is 28.7 Å². The van der Waals surface area contributed by atoms with E-state index in [4.69, 9.17) is 15.0 Å². The van der Waals surface area contributed by atoms with Crippen molar-refractivity contribution in [2.45, 2.75) is 13.8 Å². The highest BCUT2D eigenvalue weighted by atomic mass is 15.2. The number of benzene rings is 10. The Hall–Kier alpha value is -9.39. The maximum absolute atomic E-state index is 5.60. The second-order valence-corrected chi connectivity index (χ2v) is 18.6. The molecule has 0 aliphatic carbocycles. The third-order valence-electron chi connectivity index (χ3n) is 14.2. The average Bonchev–Trinajstić information content (AvgIpc) is 4.06. The Bertz CT molecular complexity index is 4150. The van der Waals surface area contributed by atoms with Crippen molar-refractivity contribution in [3.63, 3.8) is 0 Å². The Morgan fingerprint density at radius 3 is 1.11 bits per heavy atom. The highest BCUT2D eigenvalue weighted by molar-refractivity contribution is 6.13. The van der Waals surface area contributed by atoms with Crippen LogP contribution in [-0.4, -0.2) is 28.7 Å². The Morgan fingerprint density at radius 1 is 0.268 bits per heavy atom. The molecule has 6 nitrogen and oxygen atoms in total. The molecular weight excluding hydrogens is 865 g/mol. The van der Waals surface area contributed by atoms with E-state index >= 15 is 0 Å². The number of hydrogen-bond acceptors (Lipinski definition) is 3. The summed E-state index contributed by atoms with van der Waals surface area (Å²) >= 11 is 0. The number of rotatable bonds is 7. The molecule has 0 amide bonds. The van der Waals surface area contributed by atoms with Gasteiger partial charge in [0, 0.05) is 43.4 Å². The van der Waals surface area contributed by atoms with Gasteiger partial charge in [-0.05, 0) is 121 Å². The summed E-state index contributed by atoms with van der Waals surface area (Å²) in [5.74, 6) is 1.68. The van der Waals surface area contributed by atoms with Crippen molar-refractivity contribution in [2.75, 3.05) is 0 Å². The first-order chi connectivity index (χ1) is 35.0.